The molecular weight excluding hydrogens is 216 g/mol. The van der Waals surface area contributed by atoms with Crippen molar-refractivity contribution in [3.8, 4) is 0 Å². The number of nitrogens with one attached hydrogen (secondary N) is 1. The van der Waals surface area contributed by atoms with Crippen LogP contribution in [-0.4, -0.2) is 41.8 Å². The zero-order valence-corrected chi connectivity index (χ0v) is 11.3. The van der Waals surface area contributed by atoms with Crippen LogP contribution in [0.4, 0.5) is 4.79 Å². The number of nitrogens with zero attached hydrogens (tertiary/aromatic N) is 1. The van der Waals surface area contributed by atoms with Gasteiger partial charge in [-0.1, -0.05) is 6.08 Å². The summed E-state index contributed by atoms with van der Waals surface area (Å²) >= 11 is 0. The molecule has 98 valence electrons. The van der Waals surface area contributed by atoms with Gasteiger partial charge in [0, 0.05) is 25.2 Å². The Hall–Kier alpha value is -1.03. The first-order valence-corrected chi connectivity index (χ1v) is 6.16. The van der Waals surface area contributed by atoms with Gasteiger partial charge < -0.3 is 15.0 Å². The van der Waals surface area contributed by atoms with Crippen molar-refractivity contribution in [1.82, 2.24) is 10.2 Å². The highest BCUT2D eigenvalue weighted by Gasteiger charge is 2.33. The average molecular weight is 240 g/mol. The molecule has 0 saturated carbocycles. The first kappa shape index (κ1) is 14.0. The van der Waals surface area contributed by atoms with Gasteiger partial charge in [-0.15, -0.1) is 6.58 Å². The van der Waals surface area contributed by atoms with Gasteiger partial charge in [0.1, 0.15) is 5.60 Å². The summed E-state index contributed by atoms with van der Waals surface area (Å²) < 4.78 is 5.29. The van der Waals surface area contributed by atoms with Crippen molar-refractivity contribution in [3.05, 3.63) is 12.7 Å². The molecule has 0 radical (unpaired) electrons. The van der Waals surface area contributed by atoms with Crippen LogP contribution in [0.25, 0.3) is 0 Å². The first-order valence-electron chi connectivity index (χ1n) is 6.16. The van der Waals surface area contributed by atoms with Crippen LogP contribution in [0.5, 0.6) is 0 Å². The number of amides is 1. The molecule has 1 N–H and O–H groups in total. The molecule has 1 fully saturated rings. The van der Waals surface area contributed by atoms with Gasteiger partial charge in [-0.05, 0) is 34.1 Å². The maximum absolute atomic E-state index is 11.7. The van der Waals surface area contributed by atoms with Crippen LogP contribution < -0.4 is 5.32 Å². The molecule has 4 heteroatoms. The van der Waals surface area contributed by atoms with E-state index in [0.29, 0.717) is 12.1 Å². The van der Waals surface area contributed by atoms with Crippen molar-refractivity contribution in [2.75, 3.05) is 13.1 Å². The summed E-state index contributed by atoms with van der Waals surface area (Å²) in [5.74, 6) is 0. The predicted molar refractivity (Wildman–Crippen MR) is 69.0 cm³/mol. The van der Waals surface area contributed by atoms with Gasteiger partial charge in [-0.3, -0.25) is 0 Å². The number of carbonyl (C=O) groups is 1. The summed E-state index contributed by atoms with van der Waals surface area (Å²) in [6.07, 6.45) is 2.64. The summed E-state index contributed by atoms with van der Waals surface area (Å²) in [5.41, 5.74) is -0.411. The highest BCUT2D eigenvalue weighted by Crippen LogP contribution is 2.15. The Morgan fingerprint density at radius 3 is 2.65 bits per heavy atom. The normalized spacial score (nSPS) is 18.5. The van der Waals surface area contributed by atoms with Crippen LogP contribution in [0.1, 0.15) is 34.1 Å². The molecule has 17 heavy (non-hydrogen) atoms. The van der Waals surface area contributed by atoms with Crippen molar-refractivity contribution in [2.24, 2.45) is 0 Å². The van der Waals surface area contributed by atoms with E-state index in [0.717, 1.165) is 19.5 Å². The van der Waals surface area contributed by atoms with E-state index in [4.69, 9.17) is 4.74 Å². The lowest BCUT2D eigenvalue weighted by molar-refractivity contribution is 0.00439. The Bertz CT molecular complexity index is 278. The second-order valence-electron chi connectivity index (χ2n) is 5.67. The van der Waals surface area contributed by atoms with Gasteiger partial charge in [-0.25, -0.2) is 4.79 Å². The van der Waals surface area contributed by atoms with Gasteiger partial charge in [0.25, 0.3) is 0 Å². The Labute approximate surface area is 104 Å². The van der Waals surface area contributed by atoms with Crippen molar-refractivity contribution < 1.29 is 9.53 Å². The molecule has 1 amide bonds. The lowest BCUT2D eigenvalue weighted by Crippen LogP contribution is -2.61. The molecule has 0 spiro atoms. The van der Waals surface area contributed by atoms with Gasteiger partial charge in [0.15, 0.2) is 0 Å². The standard InChI is InChI=1S/C13H24N2O2/c1-6-7-10(2)14-11-8-15(9-11)12(16)17-13(3,4)5/h6,10-11,14H,1,7-9H2,2-5H3. The fourth-order valence-corrected chi connectivity index (χ4v) is 1.78. The van der Waals surface area contributed by atoms with E-state index in [1.165, 1.54) is 0 Å². The van der Waals surface area contributed by atoms with E-state index >= 15 is 0 Å². The van der Waals surface area contributed by atoms with Gasteiger partial charge in [0.2, 0.25) is 0 Å². The topological polar surface area (TPSA) is 41.6 Å². The van der Waals surface area contributed by atoms with Crippen LogP contribution in [0.15, 0.2) is 12.7 Å². The van der Waals surface area contributed by atoms with Gasteiger partial charge >= 0.3 is 6.09 Å². The van der Waals surface area contributed by atoms with Crippen molar-refractivity contribution in [1.29, 1.82) is 0 Å². The average Bonchev–Trinajstić information content (AvgIpc) is 2.07. The molecule has 1 atom stereocenters. The Kier molecular flexibility index (Phi) is 4.57. The number of rotatable bonds is 4. The van der Waals surface area contributed by atoms with Gasteiger partial charge in [0.05, 0.1) is 0 Å². The lowest BCUT2D eigenvalue weighted by Gasteiger charge is -2.41. The molecule has 0 aromatic heterocycles. The predicted octanol–water partition coefficient (Wildman–Crippen LogP) is 2.16. The third kappa shape index (κ3) is 4.77. The van der Waals surface area contributed by atoms with E-state index in [2.05, 4.69) is 18.8 Å². The molecule has 0 aromatic rings. The van der Waals surface area contributed by atoms with Gasteiger partial charge in [-0.2, -0.15) is 0 Å². The van der Waals surface area contributed by atoms with Crippen molar-refractivity contribution in [2.45, 2.75) is 51.8 Å². The Morgan fingerprint density at radius 2 is 2.18 bits per heavy atom. The number of hydrogen-bond donors (Lipinski definition) is 1. The first-order chi connectivity index (χ1) is 7.81. The molecule has 1 rings (SSSR count). The van der Waals surface area contributed by atoms with E-state index in [-0.39, 0.29) is 6.09 Å². The molecule has 0 bridgehead atoms. The zero-order valence-electron chi connectivity index (χ0n) is 11.3. The number of carbonyl (C=O) groups excluding carboxylic acids is 1. The van der Waals surface area contributed by atoms with Crippen molar-refractivity contribution in [3.63, 3.8) is 0 Å². The van der Waals surface area contributed by atoms with E-state index in [1.807, 2.05) is 26.8 Å². The maximum Gasteiger partial charge on any atom is 0.410 e. The number of ether oxygens (including phenoxy) is 1. The quantitative estimate of drug-likeness (QED) is 0.766. The Balaban J connectivity index is 2.22. The summed E-state index contributed by atoms with van der Waals surface area (Å²) in [6, 6.07) is 0.802. The molecule has 1 aliphatic rings. The third-order valence-electron chi connectivity index (χ3n) is 2.57. The van der Waals surface area contributed by atoms with E-state index < -0.39 is 5.60 Å². The maximum atomic E-state index is 11.7. The van der Waals surface area contributed by atoms with E-state index in [1.54, 1.807) is 4.90 Å². The summed E-state index contributed by atoms with van der Waals surface area (Å²) in [5, 5.41) is 3.44. The fraction of sp³-hybridized carbons (Fsp3) is 0.769. The molecule has 1 unspecified atom stereocenters. The largest absolute Gasteiger partial charge is 0.444 e. The number of likely N-dealkylation sites (tertiary alicyclic amines) is 1. The van der Waals surface area contributed by atoms with Crippen LogP contribution >= 0.6 is 0 Å². The molecule has 4 nitrogen and oxygen atoms in total. The summed E-state index contributed by atoms with van der Waals surface area (Å²) in [4.78, 5) is 13.4. The molecular formula is C13H24N2O2. The molecule has 1 saturated heterocycles. The summed E-state index contributed by atoms with van der Waals surface area (Å²) in [7, 11) is 0. The SMILES string of the molecule is C=CCC(C)NC1CN(C(=O)OC(C)(C)C)C1. The smallest absolute Gasteiger partial charge is 0.410 e. The summed E-state index contributed by atoms with van der Waals surface area (Å²) in [6.45, 7) is 12.9. The minimum absolute atomic E-state index is 0.216. The zero-order chi connectivity index (χ0) is 13.1. The molecule has 1 heterocycles. The molecule has 1 aliphatic heterocycles. The lowest BCUT2D eigenvalue weighted by atomic mass is 10.1. The van der Waals surface area contributed by atoms with Crippen molar-refractivity contribution >= 4 is 6.09 Å². The molecule has 0 aliphatic carbocycles. The highest BCUT2D eigenvalue weighted by molar-refractivity contribution is 5.69. The minimum Gasteiger partial charge on any atom is -0.444 e. The van der Waals surface area contributed by atoms with Crippen LogP contribution in [-0.2, 0) is 4.74 Å². The molecule has 0 aromatic carbocycles. The second kappa shape index (κ2) is 5.54. The number of hydrogen-bond acceptors (Lipinski definition) is 3. The highest BCUT2D eigenvalue weighted by atomic mass is 16.6. The van der Waals surface area contributed by atoms with Crippen LogP contribution in [0.3, 0.4) is 0 Å². The fourth-order valence-electron chi connectivity index (χ4n) is 1.78. The Morgan fingerprint density at radius 1 is 1.59 bits per heavy atom. The second-order valence-corrected chi connectivity index (χ2v) is 5.67. The van der Waals surface area contributed by atoms with E-state index in [9.17, 15) is 4.79 Å². The van der Waals surface area contributed by atoms with Crippen LogP contribution in [0, 0.1) is 0 Å². The third-order valence-corrected chi connectivity index (χ3v) is 2.57. The minimum atomic E-state index is -0.411. The monoisotopic (exact) mass is 240 g/mol. The van der Waals surface area contributed by atoms with Crippen LogP contribution in [0.2, 0.25) is 0 Å².